The maximum absolute atomic E-state index is 4.86. The zero-order chi connectivity index (χ0) is 15.0. The van der Waals surface area contributed by atoms with Gasteiger partial charge in [-0.1, -0.05) is 34.1 Å². The fraction of sp³-hybridized carbons (Fsp3) is 0.812. The van der Waals surface area contributed by atoms with Gasteiger partial charge < -0.3 is 10.2 Å². The largest absolute Gasteiger partial charge is 0.351 e. The molecule has 0 aromatic carbocycles. The number of anilines is 1. The highest BCUT2D eigenvalue weighted by Gasteiger charge is 2.13. The van der Waals surface area contributed by atoms with Crippen LogP contribution in [0.4, 0.5) is 5.13 Å². The van der Waals surface area contributed by atoms with Crippen molar-refractivity contribution in [3.8, 4) is 0 Å². The molecule has 0 aliphatic heterocycles. The van der Waals surface area contributed by atoms with E-state index >= 15 is 0 Å². The molecule has 4 heteroatoms. The van der Waals surface area contributed by atoms with Gasteiger partial charge in [-0.05, 0) is 31.7 Å². The van der Waals surface area contributed by atoms with Gasteiger partial charge in [-0.3, -0.25) is 0 Å². The van der Waals surface area contributed by atoms with Gasteiger partial charge in [-0.15, -0.1) is 11.3 Å². The lowest BCUT2D eigenvalue weighted by Gasteiger charge is -2.16. The summed E-state index contributed by atoms with van der Waals surface area (Å²) in [6.45, 7) is 12.1. The van der Waals surface area contributed by atoms with Crippen molar-refractivity contribution in [2.24, 2.45) is 5.92 Å². The van der Waals surface area contributed by atoms with Gasteiger partial charge in [-0.25, -0.2) is 4.98 Å². The van der Waals surface area contributed by atoms with E-state index in [1.165, 1.54) is 35.0 Å². The molecule has 1 aromatic heterocycles. The van der Waals surface area contributed by atoms with Crippen molar-refractivity contribution in [2.75, 3.05) is 25.0 Å². The second-order valence-electron chi connectivity index (χ2n) is 5.90. The van der Waals surface area contributed by atoms with Gasteiger partial charge >= 0.3 is 0 Å². The zero-order valence-electron chi connectivity index (χ0n) is 13.8. The Morgan fingerprint density at radius 3 is 2.60 bits per heavy atom. The van der Waals surface area contributed by atoms with Crippen LogP contribution in [-0.2, 0) is 13.0 Å². The number of thiazole rings is 1. The Morgan fingerprint density at radius 2 is 2.00 bits per heavy atom. The molecule has 0 atom stereocenters. The van der Waals surface area contributed by atoms with Crippen LogP contribution < -0.4 is 10.2 Å². The number of rotatable bonds is 10. The third-order valence-corrected chi connectivity index (χ3v) is 4.55. The first-order valence-electron chi connectivity index (χ1n) is 7.98. The van der Waals surface area contributed by atoms with Crippen molar-refractivity contribution < 1.29 is 0 Å². The molecule has 116 valence electrons. The van der Waals surface area contributed by atoms with E-state index in [2.05, 4.69) is 45.0 Å². The van der Waals surface area contributed by atoms with Crippen LogP contribution in [0.5, 0.6) is 0 Å². The van der Waals surface area contributed by atoms with Gasteiger partial charge in [0.1, 0.15) is 0 Å². The Bertz CT molecular complexity index is 374. The Kier molecular flexibility index (Phi) is 8.15. The summed E-state index contributed by atoms with van der Waals surface area (Å²) in [5.74, 6) is 0.748. The van der Waals surface area contributed by atoms with Gasteiger partial charge in [0.15, 0.2) is 5.13 Å². The minimum atomic E-state index is 0.748. The molecule has 0 fully saturated rings. The number of hydrogen-bond acceptors (Lipinski definition) is 4. The standard InChI is InChI=1S/C16H31N3S/c1-6-8-14-15(12-17-10-7-2)20-16(18-14)19(5)11-9-13(3)4/h13,17H,6-12H2,1-5H3. The molecule has 0 spiro atoms. The SMILES string of the molecule is CCCNCc1sc(N(C)CCC(C)C)nc1CCC. The first-order valence-corrected chi connectivity index (χ1v) is 8.80. The molecule has 0 saturated heterocycles. The fourth-order valence-electron chi connectivity index (χ4n) is 2.03. The van der Waals surface area contributed by atoms with Gasteiger partial charge in [0.05, 0.1) is 5.69 Å². The number of hydrogen-bond donors (Lipinski definition) is 1. The summed E-state index contributed by atoms with van der Waals surface area (Å²) < 4.78 is 0. The van der Waals surface area contributed by atoms with E-state index in [-0.39, 0.29) is 0 Å². The maximum atomic E-state index is 4.86. The van der Waals surface area contributed by atoms with Gasteiger partial charge in [0.25, 0.3) is 0 Å². The number of aryl methyl sites for hydroxylation is 1. The normalized spacial score (nSPS) is 11.3. The fourth-order valence-corrected chi connectivity index (χ4v) is 3.09. The van der Waals surface area contributed by atoms with E-state index in [9.17, 15) is 0 Å². The summed E-state index contributed by atoms with van der Waals surface area (Å²) in [7, 11) is 2.17. The summed E-state index contributed by atoms with van der Waals surface area (Å²) in [6.07, 6.45) is 4.67. The van der Waals surface area contributed by atoms with Crippen LogP contribution in [0.25, 0.3) is 0 Å². The summed E-state index contributed by atoms with van der Waals surface area (Å²) >= 11 is 1.86. The third-order valence-electron chi connectivity index (χ3n) is 3.33. The van der Waals surface area contributed by atoms with E-state index in [1.54, 1.807) is 0 Å². The van der Waals surface area contributed by atoms with Crippen molar-refractivity contribution >= 4 is 16.5 Å². The smallest absolute Gasteiger partial charge is 0.185 e. The highest BCUT2D eigenvalue weighted by molar-refractivity contribution is 7.15. The van der Waals surface area contributed by atoms with Crippen LogP contribution >= 0.6 is 11.3 Å². The first kappa shape index (κ1) is 17.4. The summed E-state index contributed by atoms with van der Waals surface area (Å²) in [5.41, 5.74) is 1.30. The number of aromatic nitrogens is 1. The second kappa shape index (κ2) is 9.35. The van der Waals surface area contributed by atoms with E-state index in [0.29, 0.717) is 0 Å². The number of nitrogens with zero attached hydrogens (tertiary/aromatic N) is 2. The maximum Gasteiger partial charge on any atom is 0.185 e. The van der Waals surface area contributed by atoms with E-state index in [0.717, 1.165) is 32.0 Å². The molecule has 1 rings (SSSR count). The minimum Gasteiger partial charge on any atom is -0.351 e. The Labute approximate surface area is 128 Å². The molecular formula is C16H31N3S. The van der Waals surface area contributed by atoms with Crippen LogP contribution in [-0.4, -0.2) is 25.1 Å². The van der Waals surface area contributed by atoms with Gasteiger partial charge in [0.2, 0.25) is 0 Å². The molecule has 1 heterocycles. The molecular weight excluding hydrogens is 266 g/mol. The monoisotopic (exact) mass is 297 g/mol. The molecule has 3 nitrogen and oxygen atoms in total. The molecule has 0 saturated carbocycles. The Morgan fingerprint density at radius 1 is 1.25 bits per heavy atom. The van der Waals surface area contributed by atoms with Crippen molar-refractivity contribution in [3.63, 3.8) is 0 Å². The van der Waals surface area contributed by atoms with Crippen LogP contribution in [0.15, 0.2) is 0 Å². The average Bonchev–Trinajstić information content (AvgIpc) is 2.80. The van der Waals surface area contributed by atoms with Gasteiger partial charge in [0, 0.05) is 25.0 Å². The van der Waals surface area contributed by atoms with Crippen LogP contribution in [0.1, 0.15) is 57.5 Å². The summed E-state index contributed by atoms with van der Waals surface area (Å²) in [5, 5.41) is 4.69. The molecule has 0 aliphatic carbocycles. The van der Waals surface area contributed by atoms with Crippen LogP contribution in [0.2, 0.25) is 0 Å². The van der Waals surface area contributed by atoms with Crippen molar-refractivity contribution in [2.45, 2.75) is 59.9 Å². The van der Waals surface area contributed by atoms with E-state index in [1.807, 2.05) is 11.3 Å². The lowest BCUT2D eigenvalue weighted by atomic mass is 10.1. The number of nitrogens with one attached hydrogen (secondary N) is 1. The topological polar surface area (TPSA) is 28.2 Å². The molecule has 1 N–H and O–H groups in total. The minimum absolute atomic E-state index is 0.748. The molecule has 0 radical (unpaired) electrons. The highest BCUT2D eigenvalue weighted by Crippen LogP contribution is 2.27. The lowest BCUT2D eigenvalue weighted by Crippen LogP contribution is -2.19. The first-order chi connectivity index (χ1) is 9.58. The molecule has 20 heavy (non-hydrogen) atoms. The third kappa shape index (κ3) is 5.80. The molecule has 0 amide bonds. The molecule has 0 bridgehead atoms. The molecule has 1 aromatic rings. The van der Waals surface area contributed by atoms with E-state index in [4.69, 9.17) is 4.98 Å². The van der Waals surface area contributed by atoms with Crippen molar-refractivity contribution in [1.82, 2.24) is 10.3 Å². The quantitative estimate of drug-likeness (QED) is 0.660. The summed E-state index contributed by atoms with van der Waals surface area (Å²) in [6, 6.07) is 0. The van der Waals surface area contributed by atoms with Crippen LogP contribution in [0.3, 0.4) is 0 Å². The predicted molar refractivity (Wildman–Crippen MR) is 90.8 cm³/mol. The lowest BCUT2D eigenvalue weighted by molar-refractivity contribution is 0.584. The predicted octanol–water partition coefficient (Wildman–Crippen LogP) is 4.08. The van der Waals surface area contributed by atoms with Gasteiger partial charge in [-0.2, -0.15) is 0 Å². The Balaban J connectivity index is 2.68. The van der Waals surface area contributed by atoms with Crippen molar-refractivity contribution in [3.05, 3.63) is 10.6 Å². The highest BCUT2D eigenvalue weighted by atomic mass is 32.1. The molecule has 0 aliphatic rings. The Hall–Kier alpha value is -0.610. The average molecular weight is 298 g/mol. The summed E-state index contributed by atoms with van der Waals surface area (Å²) in [4.78, 5) is 8.60. The van der Waals surface area contributed by atoms with Crippen LogP contribution in [0, 0.1) is 5.92 Å². The van der Waals surface area contributed by atoms with E-state index < -0.39 is 0 Å². The second-order valence-corrected chi connectivity index (χ2v) is 6.96. The molecule has 0 unspecified atom stereocenters. The van der Waals surface area contributed by atoms with Crippen molar-refractivity contribution in [1.29, 1.82) is 0 Å². The zero-order valence-corrected chi connectivity index (χ0v) is 14.6.